The van der Waals surface area contributed by atoms with Crippen molar-refractivity contribution >= 4 is 5.69 Å². The Kier molecular flexibility index (Phi) is 2.88. The van der Waals surface area contributed by atoms with Crippen molar-refractivity contribution in [3.63, 3.8) is 0 Å². The van der Waals surface area contributed by atoms with E-state index in [1.54, 1.807) is 12.1 Å². The summed E-state index contributed by atoms with van der Waals surface area (Å²) in [5.41, 5.74) is 7.49. The molecule has 0 atom stereocenters. The summed E-state index contributed by atoms with van der Waals surface area (Å²) < 4.78 is 5.53. The van der Waals surface area contributed by atoms with Gasteiger partial charge in [-0.15, -0.1) is 0 Å². The molecule has 17 heavy (non-hydrogen) atoms. The number of anilines is 1. The number of hydrogen-bond acceptors (Lipinski definition) is 5. The molecule has 1 heterocycles. The van der Waals surface area contributed by atoms with E-state index in [4.69, 9.17) is 15.7 Å². The van der Waals surface area contributed by atoms with Gasteiger partial charge in [-0.05, 0) is 18.6 Å². The smallest absolute Gasteiger partial charge is 0.237 e. The maximum absolute atomic E-state index is 8.59. The highest BCUT2D eigenvalue weighted by Crippen LogP contribution is 2.25. The number of nitrogens with zero attached hydrogens (tertiary/aromatic N) is 3. The molecule has 0 aliphatic rings. The van der Waals surface area contributed by atoms with Gasteiger partial charge < -0.3 is 10.5 Å². The van der Waals surface area contributed by atoms with Gasteiger partial charge in [0.15, 0.2) is 5.69 Å². The predicted octanol–water partition coefficient (Wildman–Crippen LogP) is 2.03. The van der Waals surface area contributed by atoms with E-state index in [0.717, 1.165) is 5.56 Å². The van der Waals surface area contributed by atoms with Crippen LogP contribution in [0.4, 0.5) is 5.69 Å². The van der Waals surface area contributed by atoms with Crippen LogP contribution in [0.3, 0.4) is 0 Å². The Morgan fingerprint density at radius 2 is 2.12 bits per heavy atom. The Labute approximate surface area is 98.5 Å². The number of nitrogens with two attached hydrogens (primary N) is 1. The fourth-order valence-electron chi connectivity index (χ4n) is 1.27. The van der Waals surface area contributed by atoms with Crippen LogP contribution in [0.1, 0.15) is 11.3 Å². The van der Waals surface area contributed by atoms with Gasteiger partial charge in [0.2, 0.25) is 5.88 Å². The summed E-state index contributed by atoms with van der Waals surface area (Å²) in [4.78, 5) is 7.83. The van der Waals surface area contributed by atoms with Crippen molar-refractivity contribution in [2.75, 3.05) is 5.73 Å². The SMILES string of the molecule is Cc1ccc(N)cc1Oc1cnc(C#N)cn1. The summed E-state index contributed by atoms with van der Waals surface area (Å²) >= 11 is 0. The van der Waals surface area contributed by atoms with Crippen LogP contribution in [0, 0.1) is 18.3 Å². The molecule has 0 amide bonds. The van der Waals surface area contributed by atoms with Crippen LogP contribution >= 0.6 is 0 Å². The first kappa shape index (κ1) is 10.9. The minimum Gasteiger partial charge on any atom is -0.437 e. The number of ether oxygens (including phenoxy) is 1. The Morgan fingerprint density at radius 1 is 1.29 bits per heavy atom. The Bertz CT molecular complexity index is 572. The highest BCUT2D eigenvalue weighted by atomic mass is 16.5. The van der Waals surface area contributed by atoms with Crippen molar-refractivity contribution in [3.05, 3.63) is 41.9 Å². The molecule has 0 radical (unpaired) electrons. The summed E-state index contributed by atoms with van der Waals surface area (Å²) in [6.45, 7) is 1.91. The number of aromatic nitrogens is 2. The lowest BCUT2D eigenvalue weighted by atomic mass is 10.2. The van der Waals surface area contributed by atoms with Crippen LogP contribution in [-0.2, 0) is 0 Å². The number of benzene rings is 1. The average molecular weight is 226 g/mol. The molecule has 84 valence electrons. The van der Waals surface area contributed by atoms with Gasteiger partial charge in [-0.1, -0.05) is 6.07 Å². The first-order valence-corrected chi connectivity index (χ1v) is 4.95. The zero-order valence-electron chi connectivity index (χ0n) is 9.21. The second kappa shape index (κ2) is 4.49. The second-order valence-electron chi connectivity index (χ2n) is 3.48. The highest BCUT2D eigenvalue weighted by Gasteiger charge is 2.03. The van der Waals surface area contributed by atoms with Gasteiger partial charge in [-0.3, -0.25) is 0 Å². The van der Waals surface area contributed by atoms with Gasteiger partial charge in [-0.25, -0.2) is 9.97 Å². The summed E-state index contributed by atoms with van der Waals surface area (Å²) in [6, 6.07) is 7.27. The van der Waals surface area contributed by atoms with Crippen LogP contribution in [0.15, 0.2) is 30.6 Å². The topological polar surface area (TPSA) is 84.8 Å². The molecule has 0 spiro atoms. The minimum absolute atomic E-state index is 0.252. The molecule has 0 bridgehead atoms. The third-order valence-electron chi connectivity index (χ3n) is 2.17. The number of nitrogen functional groups attached to an aromatic ring is 1. The lowest BCUT2D eigenvalue weighted by Crippen LogP contribution is -1.94. The second-order valence-corrected chi connectivity index (χ2v) is 3.48. The van der Waals surface area contributed by atoms with E-state index >= 15 is 0 Å². The van der Waals surface area contributed by atoms with Crippen molar-refractivity contribution in [2.45, 2.75) is 6.92 Å². The number of hydrogen-bond donors (Lipinski definition) is 1. The molecule has 0 saturated carbocycles. The summed E-state index contributed by atoms with van der Waals surface area (Å²) in [6.07, 6.45) is 2.76. The molecule has 5 heteroatoms. The first-order chi connectivity index (χ1) is 8.19. The van der Waals surface area contributed by atoms with Crippen molar-refractivity contribution in [1.29, 1.82) is 5.26 Å². The fourth-order valence-corrected chi connectivity index (χ4v) is 1.27. The minimum atomic E-state index is 0.252. The number of nitriles is 1. The summed E-state index contributed by atoms with van der Waals surface area (Å²) in [5, 5.41) is 8.59. The van der Waals surface area contributed by atoms with E-state index in [0.29, 0.717) is 17.3 Å². The van der Waals surface area contributed by atoms with E-state index in [9.17, 15) is 0 Å². The van der Waals surface area contributed by atoms with Crippen LogP contribution in [0.25, 0.3) is 0 Å². The average Bonchev–Trinajstić information content (AvgIpc) is 2.35. The molecular formula is C12H10N4O. The van der Waals surface area contributed by atoms with E-state index in [2.05, 4.69) is 9.97 Å². The number of aryl methyl sites for hydroxylation is 1. The van der Waals surface area contributed by atoms with Gasteiger partial charge in [-0.2, -0.15) is 5.26 Å². The Morgan fingerprint density at radius 3 is 2.76 bits per heavy atom. The van der Waals surface area contributed by atoms with Crippen molar-refractivity contribution in [1.82, 2.24) is 9.97 Å². The molecule has 0 saturated heterocycles. The standard InChI is InChI=1S/C12H10N4O/c1-8-2-3-9(14)4-11(8)17-12-7-15-10(5-13)6-16-12/h2-4,6-7H,14H2,1H3. The molecule has 2 N–H and O–H groups in total. The molecule has 0 fully saturated rings. The van der Waals surface area contributed by atoms with Crippen LogP contribution < -0.4 is 10.5 Å². The van der Waals surface area contributed by atoms with E-state index in [1.165, 1.54) is 12.4 Å². The molecule has 0 aliphatic carbocycles. The van der Waals surface area contributed by atoms with Crippen LogP contribution in [0.5, 0.6) is 11.6 Å². The van der Waals surface area contributed by atoms with Gasteiger partial charge in [0.1, 0.15) is 11.8 Å². The monoisotopic (exact) mass is 226 g/mol. The lowest BCUT2D eigenvalue weighted by Gasteiger charge is -2.07. The van der Waals surface area contributed by atoms with Crippen LogP contribution in [-0.4, -0.2) is 9.97 Å². The van der Waals surface area contributed by atoms with Crippen molar-refractivity contribution in [3.8, 4) is 17.7 Å². The molecule has 1 aromatic carbocycles. The quantitative estimate of drug-likeness (QED) is 0.792. The Hall–Kier alpha value is -2.61. The fraction of sp³-hybridized carbons (Fsp3) is 0.0833. The molecule has 0 aliphatic heterocycles. The van der Waals surface area contributed by atoms with E-state index in [-0.39, 0.29) is 5.69 Å². The highest BCUT2D eigenvalue weighted by molar-refractivity contribution is 5.48. The predicted molar refractivity (Wildman–Crippen MR) is 62.4 cm³/mol. The third kappa shape index (κ3) is 2.49. The van der Waals surface area contributed by atoms with Crippen molar-refractivity contribution < 1.29 is 4.74 Å². The lowest BCUT2D eigenvalue weighted by molar-refractivity contribution is 0.457. The van der Waals surface area contributed by atoms with Gasteiger partial charge in [0, 0.05) is 11.8 Å². The number of rotatable bonds is 2. The first-order valence-electron chi connectivity index (χ1n) is 4.95. The Balaban J connectivity index is 2.25. The normalized spacial score (nSPS) is 9.65. The van der Waals surface area contributed by atoms with Gasteiger partial charge >= 0.3 is 0 Å². The van der Waals surface area contributed by atoms with Gasteiger partial charge in [0.25, 0.3) is 0 Å². The third-order valence-corrected chi connectivity index (χ3v) is 2.17. The summed E-state index contributed by atoms with van der Waals surface area (Å²) in [7, 11) is 0. The van der Waals surface area contributed by atoms with Crippen molar-refractivity contribution in [2.24, 2.45) is 0 Å². The molecule has 0 unspecified atom stereocenters. The summed E-state index contributed by atoms with van der Waals surface area (Å²) in [5.74, 6) is 0.960. The van der Waals surface area contributed by atoms with E-state index < -0.39 is 0 Å². The molecule has 2 aromatic rings. The zero-order valence-corrected chi connectivity index (χ0v) is 9.21. The molecular weight excluding hydrogens is 216 g/mol. The van der Waals surface area contributed by atoms with Gasteiger partial charge in [0.05, 0.1) is 12.4 Å². The zero-order chi connectivity index (χ0) is 12.3. The maximum Gasteiger partial charge on any atom is 0.237 e. The maximum atomic E-state index is 8.59. The largest absolute Gasteiger partial charge is 0.437 e. The van der Waals surface area contributed by atoms with Crippen LogP contribution in [0.2, 0.25) is 0 Å². The molecule has 1 aromatic heterocycles. The molecule has 5 nitrogen and oxygen atoms in total. The molecule has 2 rings (SSSR count). The van der Waals surface area contributed by atoms with E-state index in [1.807, 2.05) is 19.1 Å².